The molecular weight excluding hydrogens is 315 g/mol. The number of halogens is 1. The molecule has 3 heteroatoms. The second kappa shape index (κ2) is 8.37. The molecule has 0 aromatic heterocycles. The Labute approximate surface area is 150 Å². The van der Waals surface area contributed by atoms with Crippen molar-refractivity contribution in [1.29, 1.82) is 0 Å². The molecule has 2 aromatic carbocycles. The minimum Gasteiger partial charge on any atom is -0.505 e. The van der Waals surface area contributed by atoms with Crippen molar-refractivity contribution < 1.29 is 14.2 Å². The number of hydrogen-bond donors (Lipinski definition) is 1. The van der Waals surface area contributed by atoms with Gasteiger partial charge >= 0.3 is 0 Å². The van der Waals surface area contributed by atoms with Crippen LogP contribution in [0.3, 0.4) is 0 Å². The molecule has 1 N–H and O–H groups in total. The highest BCUT2D eigenvalue weighted by Gasteiger charge is 2.12. The van der Waals surface area contributed by atoms with Gasteiger partial charge in [-0.15, -0.1) is 0 Å². The van der Waals surface area contributed by atoms with Crippen LogP contribution in [0.5, 0.6) is 11.5 Å². The van der Waals surface area contributed by atoms with E-state index >= 15 is 0 Å². The van der Waals surface area contributed by atoms with E-state index in [0.717, 1.165) is 23.3 Å². The summed E-state index contributed by atoms with van der Waals surface area (Å²) in [7, 11) is 0. The lowest BCUT2D eigenvalue weighted by Crippen LogP contribution is -2.06. The molecule has 0 radical (unpaired) electrons. The molecule has 0 atom stereocenters. The van der Waals surface area contributed by atoms with Crippen LogP contribution in [0.25, 0.3) is 0 Å². The van der Waals surface area contributed by atoms with Crippen LogP contribution in [-0.4, -0.2) is 11.7 Å². The fraction of sp³-hybridized carbons (Fsp3) is 0.455. The van der Waals surface area contributed by atoms with E-state index in [0.29, 0.717) is 18.9 Å². The molecule has 136 valence electrons. The molecule has 0 unspecified atom stereocenters. The third-order valence-electron chi connectivity index (χ3n) is 4.59. The van der Waals surface area contributed by atoms with Crippen LogP contribution in [0.1, 0.15) is 68.7 Å². The fourth-order valence-electron chi connectivity index (χ4n) is 3.19. The van der Waals surface area contributed by atoms with Crippen molar-refractivity contribution in [3.05, 3.63) is 58.4 Å². The predicted octanol–water partition coefficient (Wildman–Crippen LogP) is 5.96. The zero-order valence-corrected chi connectivity index (χ0v) is 15.9. The highest BCUT2D eigenvalue weighted by Crippen LogP contribution is 2.28. The quantitative estimate of drug-likeness (QED) is 0.671. The Bertz CT molecular complexity index is 720. The number of phenolic OH excluding ortho intramolecular Hbond substituents is 1. The summed E-state index contributed by atoms with van der Waals surface area (Å²) in [6, 6.07) is 9.22. The first-order valence-electron chi connectivity index (χ1n) is 9.10. The largest absolute Gasteiger partial charge is 0.505 e. The molecule has 2 rings (SSSR count). The Morgan fingerprint density at radius 2 is 1.64 bits per heavy atom. The molecule has 0 amide bonds. The van der Waals surface area contributed by atoms with Crippen molar-refractivity contribution in [2.45, 2.75) is 59.3 Å². The number of ether oxygens (including phenoxy) is 1. The molecule has 25 heavy (non-hydrogen) atoms. The van der Waals surface area contributed by atoms with Crippen LogP contribution in [-0.2, 0) is 12.8 Å². The van der Waals surface area contributed by atoms with E-state index in [2.05, 4.69) is 32.9 Å². The molecule has 0 aliphatic heterocycles. The van der Waals surface area contributed by atoms with Crippen molar-refractivity contribution in [2.75, 3.05) is 6.61 Å². The molecule has 0 heterocycles. The first kappa shape index (κ1) is 19.3. The lowest BCUT2D eigenvalue weighted by atomic mass is 9.95. The topological polar surface area (TPSA) is 29.5 Å². The lowest BCUT2D eigenvalue weighted by molar-refractivity contribution is 0.320. The zero-order valence-electron chi connectivity index (χ0n) is 15.9. The number of rotatable bonds is 7. The number of benzene rings is 2. The van der Waals surface area contributed by atoms with Gasteiger partial charge in [0.15, 0.2) is 11.6 Å². The summed E-state index contributed by atoms with van der Waals surface area (Å²) in [6.07, 6.45) is 1.61. The van der Waals surface area contributed by atoms with Crippen molar-refractivity contribution in [3.63, 3.8) is 0 Å². The summed E-state index contributed by atoms with van der Waals surface area (Å²) < 4.78 is 19.5. The van der Waals surface area contributed by atoms with Crippen LogP contribution in [0.15, 0.2) is 30.3 Å². The molecule has 2 nitrogen and oxygen atoms in total. The van der Waals surface area contributed by atoms with E-state index in [-0.39, 0.29) is 11.7 Å². The molecule has 0 fully saturated rings. The molecule has 0 saturated carbocycles. The smallest absolute Gasteiger partial charge is 0.165 e. The first-order valence-corrected chi connectivity index (χ1v) is 9.10. The maximum atomic E-state index is 13.6. The Balaban J connectivity index is 2.10. The van der Waals surface area contributed by atoms with Crippen LogP contribution in [0, 0.1) is 5.82 Å². The summed E-state index contributed by atoms with van der Waals surface area (Å²) in [5.74, 6) is 0.694. The Kier molecular flexibility index (Phi) is 6.46. The van der Waals surface area contributed by atoms with Crippen molar-refractivity contribution in [1.82, 2.24) is 0 Å². The van der Waals surface area contributed by atoms with Crippen LogP contribution < -0.4 is 4.74 Å². The van der Waals surface area contributed by atoms with Gasteiger partial charge in [-0.3, -0.25) is 0 Å². The molecule has 2 aromatic rings. The van der Waals surface area contributed by atoms with Gasteiger partial charge < -0.3 is 9.84 Å². The summed E-state index contributed by atoms with van der Waals surface area (Å²) in [4.78, 5) is 0. The van der Waals surface area contributed by atoms with E-state index in [9.17, 15) is 9.50 Å². The van der Waals surface area contributed by atoms with Gasteiger partial charge in [-0.05, 0) is 64.8 Å². The van der Waals surface area contributed by atoms with Crippen molar-refractivity contribution >= 4 is 0 Å². The Hall–Kier alpha value is -2.03. The average Bonchev–Trinajstić information content (AvgIpc) is 2.57. The Morgan fingerprint density at radius 1 is 0.960 bits per heavy atom. The SMILES string of the molecule is CCc1cc(OCCc2cc(O)c(F)cc2C(C)C)ccc1C(C)C. The van der Waals surface area contributed by atoms with Crippen LogP contribution in [0.2, 0.25) is 0 Å². The highest BCUT2D eigenvalue weighted by molar-refractivity contribution is 5.39. The van der Waals surface area contributed by atoms with Gasteiger partial charge in [-0.1, -0.05) is 40.7 Å². The second-order valence-corrected chi connectivity index (χ2v) is 7.12. The minimum absolute atomic E-state index is 0.196. The van der Waals surface area contributed by atoms with Gasteiger partial charge in [0.05, 0.1) is 6.61 Å². The normalized spacial score (nSPS) is 11.4. The standard InChI is InChI=1S/C22H29FO2/c1-6-16-11-18(7-8-19(16)14(2)3)25-10-9-17-12-22(24)21(23)13-20(17)15(4)5/h7-8,11-15,24H,6,9-10H2,1-5H3. The fourth-order valence-corrected chi connectivity index (χ4v) is 3.19. The van der Waals surface area contributed by atoms with Gasteiger partial charge in [0.2, 0.25) is 0 Å². The van der Waals surface area contributed by atoms with Crippen molar-refractivity contribution in [2.24, 2.45) is 0 Å². The molecule has 0 aliphatic rings. The second-order valence-electron chi connectivity index (χ2n) is 7.12. The van der Waals surface area contributed by atoms with E-state index in [1.807, 2.05) is 19.9 Å². The van der Waals surface area contributed by atoms with Gasteiger partial charge in [-0.2, -0.15) is 0 Å². The molecule has 0 saturated heterocycles. The lowest BCUT2D eigenvalue weighted by Gasteiger charge is -2.16. The molecule has 0 aliphatic carbocycles. The number of aromatic hydroxyl groups is 1. The van der Waals surface area contributed by atoms with Crippen LogP contribution in [0.4, 0.5) is 4.39 Å². The summed E-state index contributed by atoms with van der Waals surface area (Å²) in [5.41, 5.74) is 4.53. The van der Waals surface area contributed by atoms with Gasteiger partial charge in [-0.25, -0.2) is 4.39 Å². The number of hydrogen-bond acceptors (Lipinski definition) is 2. The molecule has 0 bridgehead atoms. The summed E-state index contributed by atoms with van der Waals surface area (Å²) in [6.45, 7) is 11.1. The van der Waals surface area contributed by atoms with Crippen molar-refractivity contribution in [3.8, 4) is 11.5 Å². The minimum atomic E-state index is -0.565. The van der Waals surface area contributed by atoms with E-state index in [1.54, 1.807) is 0 Å². The zero-order chi connectivity index (χ0) is 18.6. The highest BCUT2D eigenvalue weighted by atomic mass is 19.1. The maximum Gasteiger partial charge on any atom is 0.165 e. The summed E-state index contributed by atoms with van der Waals surface area (Å²) >= 11 is 0. The van der Waals surface area contributed by atoms with Gasteiger partial charge in [0.1, 0.15) is 5.75 Å². The number of phenols is 1. The predicted molar refractivity (Wildman–Crippen MR) is 101 cm³/mol. The maximum absolute atomic E-state index is 13.6. The van der Waals surface area contributed by atoms with E-state index in [1.165, 1.54) is 23.3 Å². The van der Waals surface area contributed by atoms with E-state index < -0.39 is 5.82 Å². The summed E-state index contributed by atoms with van der Waals surface area (Å²) in [5, 5.41) is 9.66. The molecular formula is C22H29FO2. The van der Waals surface area contributed by atoms with E-state index in [4.69, 9.17) is 4.74 Å². The number of aryl methyl sites for hydroxylation is 1. The Morgan fingerprint density at radius 3 is 2.24 bits per heavy atom. The van der Waals surface area contributed by atoms with Crippen LogP contribution >= 0.6 is 0 Å². The monoisotopic (exact) mass is 344 g/mol. The van der Waals surface area contributed by atoms with Gasteiger partial charge in [0, 0.05) is 6.42 Å². The van der Waals surface area contributed by atoms with Gasteiger partial charge in [0.25, 0.3) is 0 Å². The third kappa shape index (κ3) is 4.75. The third-order valence-corrected chi connectivity index (χ3v) is 4.59. The average molecular weight is 344 g/mol. The first-order chi connectivity index (χ1) is 11.8. The molecule has 0 spiro atoms.